The molecule has 1 N–H and O–H groups in total. The molecule has 1 aromatic carbocycles. The van der Waals surface area contributed by atoms with Gasteiger partial charge in [0.2, 0.25) is 5.91 Å². The molecule has 0 bridgehead atoms. The van der Waals surface area contributed by atoms with Crippen molar-refractivity contribution in [2.24, 2.45) is 0 Å². The van der Waals surface area contributed by atoms with E-state index in [-0.39, 0.29) is 23.1 Å². The van der Waals surface area contributed by atoms with Crippen molar-refractivity contribution in [1.29, 1.82) is 0 Å². The zero-order valence-corrected chi connectivity index (χ0v) is 16.0. The van der Waals surface area contributed by atoms with Gasteiger partial charge in [-0.15, -0.1) is 11.8 Å². The molecule has 3 aliphatic rings. The molecule has 0 aromatic heterocycles. The minimum Gasteiger partial charge on any atom is -0.320 e. The lowest BCUT2D eigenvalue weighted by atomic mass is 10.0. The molecule has 7 heteroatoms. The molecule has 4 rings (SSSR count). The Morgan fingerprint density at radius 2 is 1.96 bits per heavy atom. The minimum atomic E-state index is -0.219. The first kappa shape index (κ1) is 17.6. The largest absolute Gasteiger partial charge is 0.320 e. The molecule has 2 unspecified atom stereocenters. The van der Waals surface area contributed by atoms with Gasteiger partial charge in [0.15, 0.2) is 0 Å². The minimum absolute atomic E-state index is 0.0590. The number of thioether (sulfide) groups is 1. The van der Waals surface area contributed by atoms with E-state index in [2.05, 4.69) is 29.1 Å². The van der Waals surface area contributed by atoms with Crippen molar-refractivity contribution in [3.8, 4) is 0 Å². The van der Waals surface area contributed by atoms with Crippen LogP contribution in [0.2, 0.25) is 0 Å². The summed E-state index contributed by atoms with van der Waals surface area (Å²) in [6.45, 7) is 6.21. The summed E-state index contributed by atoms with van der Waals surface area (Å²) >= 11 is 1.62. The lowest BCUT2D eigenvalue weighted by Crippen LogP contribution is -2.52. The number of rotatable bonds is 2. The highest BCUT2D eigenvalue weighted by Gasteiger charge is 2.42. The third kappa shape index (κ3) is 3.15. The fraction of sp³-hybridized carbons (Fsp3) is 0.474. The highest BCUT2D eigenvalue weighted by atomic mass is 32.2. The van der Waals surface area contributed by atoms with E-state index in [0.29, 0.717) is 17.8 Å². The molecule has 1 fully saturated rings. The number of likely N-dealkylation sites (N-methyl/N-ethyl adjacent to an activating group) is 1. The van der Waals surface area contributed by atoms with Crippen molar-refractivity contribution < 1.29 is 9.59 Å². The van der Waals surface area contributed by atoms with Gasteiger partial charge < -0.3 is 15.1 Å². The van der Waals surface area contributed by atoms with Crippen molar-refractivity contribution in [1.82, 2.24) is 9.80 Å². The number of benzene rings is 1. The van der Waals surface area contributed by atoms with Gasteiger partial charge in [0.05, 0.1) is 24.0 Å². The monoisotopic (exact) mass is 372 g/mol. The summed E-state index contributed by atoms with van der Waals surface area (Å²) in [4.78, 5) is 32.3. The smallest absolute Gasteiger partial charge is 0.254 e. The van der Waals surface area contributed by atoms with E-state index in [1.54, 1.807) is 11.8 Å². The Hall–Kier alpha value is -1.83. The Morgan fingerprint density at radius 3 is 2.73 bits per heavy atom. The first-order valence-electron chi connectivity index (χ1n) is 9.03. The van der Waals surface area contributed by atoms with Crippen LogP contribution in [0.4, 0.5) is 11.4 Å². The number of amides is 2. The summed E-state index contributed by atoms with van der Waals surface area (Å²) in [5.74, 6) is -0.0436. The summed E-state index contributed by atoms with van der Waals surface area (Å²) in [5.41, 5.74) is 2.19. The van der Waals surface area contributed by atoms with Gasteiger partial charge in [-0.25, -0.2) is 0 Å². The van der Waals surface area contributed by atoms with Gasteiger partial charge in [-0.3, -0.25) is 14.5 Å². The molecule has 0 aliphatic carbocycles. The molecule has 1 saturated heterocycles. The molecule has 26 heavy (non-hydrogen) atoms. The molecule has 2 atom stereocenters. The maximum absolute atomic E-state index is 13.4. The highest BCUT2D eigenvalue weighted by molar-refractivity contribution is 8.03. The number of hydrogen-bond donors (Lipinski definition) is 1. The SMILES string of the molecule is CC1SC=C2C(=O)Nc3ccccc3N(C(=O)CN3CCN(C)CC3)C21. The molecule has 0 radical (unpaired) electrons. The highest BCUT2D eigenvalue weighted by Crippen LogP contribution is 2.41. The standard InChI is InChI=1S/C19H24N4O2S/c1-13-18-14(12-26-13)19(25)20-15-5-3-4-6-16(15)23(18)17(24)11-22-9-7-21(2)8-10-22/h3-6,12-13,18H,7-11H2,1-2H3,(H,20,25). The number of para-hydroxylation sites is 2. The van der Waals surface area contributed by atoms with E-state index in [9.17, 15) is 9.59 Å². The summed E-state index contributed by atoms with van der Waals surface area (Å²) in [6, 6.07) is 7.38. The van der Waals surface area contributed by atoms with Crippen LogP contribution in [0.15, 0.2) is 35.2 Å². The topological polar surface area (TPSA) is 55.9 Å². The normalized spacial score (nSPS) is 26.6. The molecule has 6 nitrogen and oxygen atoms in total. The van der Waals surface area contributed by atoms with Gasteiger partial charge in [-0.1, -0.05) is 19.1 Å². The van der Waals surface area contributed by atoms with E-state index in [1.165, 1.54) is 0 Å². The Kier molecular flexibility index (Phi) is 4.77. The van der Waals surface area contributed by atoms with Crippen LogP contribution in [-0.2, 0) is 9.59 Å². The number of piperazine rings is 1. The number of carbonyl (C=O) groups excluding carboxylic acids is 2. The fourth-order valence-corrected chi connectivity index (χ4v) is 4.84. The molecule has 1 aromatic rings. The van der Waals surface area contributed by atoms with Crippen LogP contribution in [0.1, 0.15) is 6.92 Å². The zero-order valence-electron chi connectivity index (χ0n) is 15.1. The van der Waals surface area contributed by atoms with Gasteiger partial charge in [-0.05, 0) is 24.6 Å². The van der Waals surface area contributed by atoms with Crippen molar-refractivity contribution >= 4 is 35.0 Å². The van der Waals surface area contributed by atoms with Crippen molar-refractivity contribution in [3.05, 3.63) is 35.2 Å². The van der Waals surface area contributed by atoms with E-state index < -0.39 is 0 Å². The van der Waals surface area contributed by atoms with Crippen molar-refractivity contribution in [2.75, 3.05) is 50.0 Å². The molecule has 2 amide bonds. The van der Waals surface area contributed by atoms with Crippen LogP contribution < -0.4 is 10.2 Å². The molecule has 3 aliphatic heterocycles. The number of nitrogens with one attached hydrogen (secondary N) is 1. The molecular formula is C19H24N4O2S. The number of nitrogens with zero attached hydrogens (tertiary/aromatic N) is 3. The van der Waals surface area contributed by atoms with Crippen LogP contribution in [0.3, 0.4) is 0 Å². The molecule has 0 spiro atoms. The summed E-state index contributed by atoms with van der Waals surface area (Å²) in [7, 11) is 2.11. The lowest BCUT2D eigenvalue weighted by Gasteiger charge is -2.36. The number of anilines is 2. The number of hydrogen-bond acceptors (Lipinski definition) is 5. The Labute approximate surface area is 158 Å². The number of fused-ring (bicyclic) bond motifs is 2. The predicted octanol–water partition coefficient (Wildman–Crippen LogP) is 1.61. The second-order valence-corrected chi connectivity index (χ2v) is 8.43. The van der Waals surface area contributed by atoms with Gasteiger partial charge >= 0.3 is 0 Å². The Morgan fingerprint density at radius 1 is 1.23 bits per heavy atom. The van der Waals surface area contributed by atoms with Gasteiger partial charge in [0.25, 0.3) is 5.91 Å². The van der Waals surface area contributed by atoms with E-state index in [4.69, 9.17) is 0 Å². The maximum Gasteiger partial charge on any atom is 0.254 e. The van der Waals surface area contributed by atoms with E-state index in [1.807, 2.05) is 34.6 Å². The third-order valence-electron chi connectivity index (χ3n) is 5.35. The predicted molar refractivity (Wildman–Crippen MR) is 105 cm³/mol. The zero-order chi connectivity index (χ0) is 18.3. The average molecular weight is 372 g/mol. The van der Waals surface area contributed by atoms with Crippen LogP contribution in [-0.4, -0.2) is 72.7 Å². The van der Waals surface area contributed by atoms with Crippen molar-refractivity contribution in [3.63, 3.8) is 0 Å². The first-order valence-corrected chi connectivity index (χ1v) is 9.98. The maximum atomic E-state index is 13.4. The second-order valence-electron chi connectivity index (χ2n) is 7.17. The van der Waals surface area contributed by atoms with Crippen molar-refractivity contribution in [2.45, 2.75) is 18.2 Å². The average Bonchev–Trinajstić information content (AvgIpc) is 2.94. The Bertz CT molecular complexity index is 758. The van der Waals surface area contributed by atoms with E-state index >= 15 is 0 Å². The Balaban J connectivity index is 1.66. The quantitative estimate of drug-likeness (QED) is 0.855. The van der Waals surface area contributed by atoms with Gasteiger partial charge in [-0.2, -0.15) is 0 Å². The molecule has 3 heterocycles. The molecular weight excluding hydrogens is 348 g/mol. The fourth-order valence-electron chi connectivity index (χ4n) is 3.81. The first-order chi connectivity index (χ1) is 12.5. The molecule has 138 valence electrons. The van der Waals surface area contributed by atoms with Gasteiger partial charge in [0.1, 0.15) is 0 Å². The van der Waals surface area contributed by atoms with Crippen LogP contribution in [0, 0.1) is 0 Å². The summed E-state index contributed by atoms with van der Waals surface area (Å²) in [6.07, 6.45) is 0. The van der Waals surface area contributed by atoms with Crippen LogP contribution in [0.25, 0.3) is 0 Å². The third-order valence-corrected chi connectivity index (χ3v) is 6.43. The van der Waals surface area contributed by atoms with E-state index in [0.717, 1.165) is 31.9 Å². The van der Waals surface area contributed by atoms with Crippen LogP contribution >= 0.6 is 11.8 Å². The summed E-state index contributed by atoms with van der Waals surface area (Å²) < 4.78 is 0. The summed E-state index contributed by atoms with van der Waals surface area (Å²) in [5, 5.41) is 5.03. The lowest BCUT2D eigenvalue weighted by molar-refractivity contribution is -0.120. The second kappa shape index (κ2) is 7.06. The number of carbonyl (C=O) groups is 2. The molecule has 0 saturated carbocycles. The van der Waals surface area contributed by atoms with Gasteiger partial charge in [0, 0.05) is 37.0 Å². The van der Waals surface area contributed by atoms with Crippen LogP contribution in [0.5, 0.6) is 0 Å².